The number of rotatable bonds is 3. The molecular weight excluding hydrogens is 314 g/mol. The molecule has 0 aromatic heterocycles. The second-order valence-electron chi connectivity index (χ2n) is 5.02. The van der Waals surface area contributed by atoms with E-state index in [9.17, 15) is 14.4 Å². The number of carbonyl (C=O) groups excluding carboxylic acids is 2. The van der Waals surface area contributed by atoms with Crippen LogP contribution in [0.3, 0.4) is 0 Å². The highest BCUT2D eigenvalue weighted by molar-refractivity contribution is 9.10. The maximum Gasteiger partial charge on any atom is 0.305 e. The highest BCUT2D eigenvalue weighted by Gasteiger charge is 2.44. The first-order valence-electron chi connectivity index (χ1n) is 5.64. The molecule has 19 heavy (non-hydrogen) atoms. The van der Waals surface area contributed by atoms with Crippen LogP contribution in [0.5, 0.6) is 0 Å². The molecule has 2 rings (SSSR count). The lowest BCUT2D eigenvalue weighted by atomic mass is 9.98. The number of amides is 2. The Morgan fingerprint density at radius 2 is 1.84 bits per heavy atom. The summed E-state index contributed by atoms with van der Waals surface area (Å²) in [5.74, 6) is -1.95. The van der Waals surface area contributed by atoms with Gasteiger partial charge in [0.1, 0.15) is 0 Å². The summed E-state index contributed by atoms with van der Waals surface area (Å²) in [7, 11) is 0. The van der Waals surface area contributed by atoms with E-state index in [1.165, 1.54) is 0 Å². The topological polar surface area (TPSA) is 74.7 Å². The summed E-state index contributed by atoms with van der Waals surface area (Å²) in [5.41, 5.74) is -0.449. The van der Waals surface area contributed by atoms with Crippen LogP contribution in [-0.4, -0.2) is 33.3 Å². The van der Waals surface area contributed by atoms with Crippen LogP contribution >= 0.6 is 15.9 Å². The van der Waals surface area contributed by atoms with Crippen molar-refractivity contribution < 1.29 is 19.5 Å². The Hall–Kier alpha value is -1.69. The maximum absolute atomic E-state index is 12.3. The van der Waals surface area contributed by atoms with Crippen molar-refractivity contribution in [3.8, 4) is 0 Å². The van der Waals surface area contributed by atoms with Crippen LogP contribution < -0.4 is 0 Å². The number of halogens is 1. The van der Waals surface area contributed by atoms with E-state index in [4.69, 9.17) is 5.11 Å². The number of hydrogen-bond acceptors (Lipinski definition) is 3. The van der Waals surface area contributed by atoms with Gasteiger partial charge in [-0.25, -0.2) is 0 Å². The molecule has 0 atom stereocenters. The van der Waals surface area contributed by atoms with Crippen LogP contribution in [0.25, 0.3) is 0 Å². The van der Waals surface area contributed by atoms with E-state index in [0.717, 1.165) is 4.90 Å². The summed E-state index contributed by atoms with van der Waals surface area (Å²) in [6.45, 7) is 3.13. The molecule has 100 valence electrons. The minimum atomic E-state index is -1.06. The predicted octanol–water partition coefficient (Wildman–Crippen LogP) is 2.30. The number of fused-ring (bicyclic) bond motifs is 1. The zero-order chi connectivity index (χ0) is 14.4. The molecule has 2 amide bonds. The van der Waals surface area contributed by atoms with Crippen molar-refractivity contribution in [1.82, 2.24) is 4.90 Å². The van der Waals surface area contributed by atoms with Gasteiger partial charge in [-0.3, -0.25) is 19.3 Å². The summed E-state index contributed by atoms with van der Waals surface area (Å²) >= 11 is 3.25. The van der Waals surface area contributed by atoms with Crippen molar-refractivity contribution in [2.24, 2.45) is 0 Å². The fourth-order valence-electron chi connectivity index (χ4n) is 2.21. The van der Waals surface area contributed by atoms with Crippen molar-refractivity contribution in [1.29, 1.82) is 0 Å². The van der Waals surface area contributed by atoms with E-state index in [2.05, 4.69) is 15.9 Å². The number of benzene rings is 1. The summed E-state index contributed by atoms with van der Waals surface area (Å²) in [6, 6.07) is 4.82. The lowest BCUT2D eigenvalue weighted by Crippen LogP contribution is -2.48. The first kappa shape index (κ1) is 13.7. The van der Waals surface area contributed by atoms with E-state index < -0.39 is 23.3 Å². The average Bonchev–Trinajstić information content (AvgIpc) is 2.49. The fraction of sp³-hybridized carbons (Fsp3) is 0.308. The quantitative estimate of drug-likeness (QED) is 0.865. The number of nitrogens with zero attached hydrogens (tertiary/aromatic N) is 1. The van der Waals surface area contributed by atoms with Crippen LogP contribution in [0, 0.1) is 0 Å². The van der Waals surface area contributed by atoms with Gasteiger partial charge in [-0.15, -0.1) is 0 Å². The highest BCUT2D eigenvalue weighted by Crippen LogP contribution is 2.32. The van der Waals surface area contributed by atoms with Gasteiger partial charge in [0.15, 0.2) is 0 Å². The number of carbonyl (C=O) groups is 3. The molecule has 1 aromatic rings. The highest BCUT2D eigenvalue weighted by atomic mass is 79.9. The smallest absolute Gasteiger partial charge is 0.305 e. The third-order valence-electron chi connectivity index (χ3n) is 3.04. The largest absolute Gasteiger partial charge is 0.481 e. The molecule has 1 aliphatic rings. The molecule has 0 bridgehead atoms. The zero-order valence-corrected chi connectivity index (χ0v) is 12.0. The first-order valence-corrected chi connectivity index (χ1v) is 6.43. The van der Waals surface area contributed by atoms with Crippen LogP contribution in [0.15, 0.2) is 22.7 Å². The Kier molecular flexibility index (Phi) is 3.22. The molecule has 0 spiro atoms. The summed E-state index contributed by atoms with van der Waals surface area (Å²) < 4.78 is 0.699. The molecular formula is C13H12BrNO4. The summed E-state index contributed by atoms with van der Waals surface area (Å²) in [5, 5.41) is 8.89. The van der Waals surface area contributed by atoms with Crippen molar-refractivity contribution in [3.63, 3.8) is 0 Å². The number of aliphatic carboxylic acids is 1. The van der Waals surface area contributed by atoms with Gasteiger partial charge >= 0.3 is 5.97 Å². The summed E-state index contributed by atoms with van der Waals surface area (Å²) in [6.07, 6.45) is -0.292. The first-order chi connectivity index (χ1) is 8.74. The van der Waals surface area contributed by atoms with Gasteiger partial charge in [0.05, 0.1) is 23.1 Å². The number of carboxylic acid groups (broad SMARTS) is 1. The van der Waals surface area contributed by atoms with Crippen LogP contribution in [0.1, 0.15) is 41.0 Å². The van der Waals surface area contributed by atoms with Crippen molar-refractivity contribution in [2.45, 2.75) is 25.8 Å². The van der Waals surface area contributed by atoms with Crippen molar-refractivity contribution in [3.05, 3.63) is 33.8 Å². The number of hydrogen-bond donors (Lipinski definition) is 1. The normalized spacial score (nSPS) is 14.8. The second kappa shape index (κ2) is 4.45. The molecule has 1 aromatic carbocycles. The third kappa shape index (κ3) is 2.28. The predicted molar refractivity (Wildman–Crippen MR) is 71.0 cm³/mol. The Balaban J connectivity index is 2.45. The molecule has 0 aliphatic carbocycles. The Morgan fingerprint density at radius 1 is 1.26 bits per heavy atom. The van der Waals surface area contributed by atoms with Crippen molar-refractivity contribution in [2.75, 3.05) is 0 Å². The van der Waals surface area contributed by atoms with Gasteiger partial charge < -0.3 is 5.11 Å². The molecule has 6 heteroatoms. The standard InChI is InChI=1S/C13H12BrNO4/c1-13(2,6-10(16)17)15-11(18)8-4-3-7(14)5-9(8)12(15)19/h3-5H,6H2,1-2H3,(H,16,17). The van der Waals surface area contributed by atoms with E-state index >= 15 is 0 Å². The minimum Gasteiger partial charge on any atom is -0.481 e. The van der Waals surface area contributed by atoms with E-state index in [1.807, 2.05) is 0 Å². The van der Waals surface area contributed by atoms with Crippen LogP contribution in [-0.2, 0) is 4.79 Å². The number of carboxylic acids is 1. The molecule has 1 heterocycles. The SMILES string of the molecule is CC(C)(CC(=O)O)N1C(=O)c2ccc(Br)cc2C1=O. The summed E-state index contributed by atoms with van der Waals surface area (Å²) in [4.78, 5) is 36.4. The molecule has 5 nitrogen and oxygen atoms in total. The third-order valence-corrected chi connectivity index (χ3v) is 3.53. The molecule has 1 aliphatic heterocycles. The van der Waals surface area contributed by atoms with E-state index in [1.54, 1.807) is 32.0 Å². The van der Waals surface area contributed by atoms with Gasteiger partial charge in [-0.05, 0) is 32.0 Å². The van der Waals surface area contributed by atoms with Gasteiger partial charge in [0, 0.05) is 4.47 Å². The van der Waals surface area contributed by atoms with Gasteiger partial charge in [0.25, 0.3) is 11.8 Å². The van der Waals surface area contributed by atoms with E-state index in [0.29, 0.717) is 15.6 Å². The fourth-order valence-corrected chi connectivity index (χ4v) is 2.57. The van der Waals surface area contributed by atoms with E-state index in [-0.39, 0.29) is 6.42 Å². The van der Waals surface area contributed by atoms with Gasteiger partial charge in [0.2, 0.25) is 0 Å². The second-order valence-corrected chi connectivity index (χ2v) is 5.93. The van der Waals surface area contributed by atoms with Crippen LogP contribution in [0.4, 0.5) is 0 Å². The molecule has 0 radical (unpaired) electrons. The molecule has 0 saturated carbocycles. The van der Waals surface area contributed by atoms with Gasteiger partial charge in [-0.2, -0.15) is 0 Å². The number of imide groups is 1. The molecule has 0 fully saturated rings. The zero-order valence-electron chi connectivity index (χ0n) is 10.4. The lowest BCUT2D eigenvalue weighted by molar-refractivity contribution is -0.139. The van der Waals surface area contributed by atoms with Gasteiger partial charge in [-0.1, -0.05) is 15.9 Å². The minimum absolute atomic E-state index is 0.292. The Labute approximate surface area is 118 Å². The van der Waals surface area contributed by atoms with Crippen LogP contribution in [0.2, 0.25) is 0 Å². The Bertz CT molecular complexity index is 594. The molecule has 0 unspecified atom stereocenters. The monoisotopic (exact) mass is 325 g/mol. The Morgan fingerprint density at radius 3 is 2.42 bits per heavy atom. The average molecular weight is 326 g/mol. The van der Waals surface area contributed by atoms with Crippen molar-refractivity contribution >= 4 is 33.7 Å². The molecule has 1 N–H and O–H groups in total. The maximum atomic E-state index is 12.3. The molecule has 0 saturated heterocycles. The lowest BCUT2D eigenvalue weighted by Gasteiger charge is -2.32.